The summed E-state index contributed by atoms with van der Waals surface area (Å²) in [4.78, 5) is 36.9. The Kier molecular flexibility index (Phi) is 8.39. The highest BCUT2D eigenvalue weighted by Gasteiger charge is 2.08. The second-order valence-electron chi connectivity index (χ2n) is 6.96. The predicted octanol–water partition coefficient (Wildman–Crippen LogP) is 3.49. The Morgan fingerprint density at radius 1 is 0.875 bits per heavy atom. The lowest BCUT2D eigenvalue weighted by Crippen LogP contribution is -2.34. The molecule has 0 unspecified atom stereocenters. The van der Waals surface area contributed by atoms with E-state index in [-0.39, 0.29) is 17.7 Å². The van der Waals surface area contributed by atoms with Gasteiger partial charge in [0.2, 0.25) is 5.91 Å². The Morgan fingerprint density at radius 3 is 2.19 bits per heavy atom. The van der Waals surface area contributed by atoms with Crippen LogP contribution in [0.5, 0.6) is 5.75 Å². The molecule has 0 saturated carbocycles. The van der Waals surface area contributed by atoms with Crippen LogP contribution in [0, 0.1) is 0 Å². The van der Waals surface area contributed by atoms with Crippen LogP contribution in [0.1, 0.15) is 32.0 Å². The number of ether oxygens (including phenoxy) is 1. The van der Waals surface area contributed by atoms with Crippen LogP contribution < -0.4 is 20.7 Å². The predicted molar refractivity (Wildman–Crippen MR) is 125 cm³/mol. The Morgan fingerprint density at radius 2 is 1.56 bits per heavy atom. The van der Waals surface area contributed by atoms with E-state index in [1.54, 1.807) is 37.4 Å². The minimum atomic E-state index is -0.243. The van der Waals surface area contributed by atoms with Crippen molar-refractivity contribution in [1.82, 2.24) is 10.6 Å². The van der Waals surface area contributed by atoms with Crippen LogP contribution in [0.2, 0.25) is 0 Å². The van der Waals surface area contributed by atoms with Crippen molar-refractivity contribution < 1.29 is 19.1 Å². The quantitative estimate of drug-likeness (QED) is 0.411. The lowest BCUT2D eigenvalue weighted by Gasteiger charge is -2.08. The van der Waals surface area contributed by atoms with Crippen molar-refractivity contribution in [3.8, 4) is 5.75 Å². The minimum Gasteiger partial charge on any atom is -0.497 e. The van der Waals surface area contributed by atoms with E-state index in [4.69, 9.17) is 4.74 Å². The molecular formula is C24H25N3O4S. The SMILES string of the molecule is COc1ccc(CCC(=O)Nc2ccc(C(=O)NCCNC(=O)c3cccs3)cc2)cc1. The summed E-state index contributed by atoms with van der Waals surface area (Å²) >= 11 is 1.37. The van der Waals surface area contributed by atoms with E-state index < -0.39 is 0 Å². The molecule has 3 aromatic rings. The first-order valence-corrected chi connectivity index (χ1v) is 11.1. The number of rotatable bonds is 10. The van der Waals surface area contributed by atoms with Crippen molar-refractivity contribution in [3.63, 3.8) is 0 Å². The average Bonchev–Trinajstić information content (AvgIpc) is 3.36. The van der Waals surface area contributed by atoms with Gasteiger partial charge in [-0.1, -0.05) is 18.2 Å². The number of nitrogens with one attached hydrogen (secondary N) is 3. The van der Waals surface area contributed by atoms with Gasteiger partial charge in [-0.05, 0) is 59.8 Å². The van der Waals surface area contributed by atoms with Crippen LogP contribution in [0.25, 0.3) is 0 Å². The summed E-state index contributed by atoms with van der Waals surface area (Å²) in [6.07, 6.45) is 0.977. The molecule has 0 aliphatic heterocycles. The highest BCUT2D eigenvalue weighted by molar-refractivity contribution is 7.12. The van der Waals surface area contributed by atoms with Gasteiger partial charge in [-0.3, -0.25) is 14.4 Å². The van der Waals surface area contributed by atoms with Crippen molar-refractivity contribution in [2.24, 2.45) is 0 Å². The molecule has 0 atom stereocenters. The van der Waals surface area contributed by atoms with E-state index in [2.05, 4.69) is 16.0 Å². The minimum absolute atomic E-state index is 0.0977. The zero-order valence-corrected chi connectivity index (χ0v) is 18.5. The normalized spacial score (nSPS) is 10.3. The Bertz CT molecular complexity index is 1030. The number of thiophene rings is 1. The molecule has 0 saturated heterocycles. The zero-order chi connectivity index (χ0) is 22.8. The smallest absolute Gasteiger partial charge is 0.261 e. The van der Waals surface area contributed by atoms with E-state index >= 15 is 0 Å². The molecule has 1 heterocycles. The summed E-state index contributed by atoms with van der Waals surface area (Å²) < 4.78 is 5.13. The van der Waals surface area contributed by atoms with E-state index in [1.165, 1.54) is 11.3 Å². The number of aryl methyl sites for hydroxylation is 1. The molecule has 8 heteroatoms. The first-order valence-electron chi connectivity index (χ1n) is 10.2. The van der Waals surface area contributed by atoms with Gasteiger partial charge in [0.25, 0.3) is 11.8 Å². The molecular weight excluding hydrogens is 426 g/mol. The molecule has 2 aromatic carbocycles. The number of benzene rings is 2. The molecule has 0 aliphatic rings. The summed E-state index contributed by atoms with van der Waals surface area (Å²) in [6.45, 7) is 0.657. The van der Waals surface area contributed by atoms with Crippen molar-refractivity contribution in [1.29, 1.82) is 0 Å². The van der Waals surface area contributed by atoms with Gasteiger partial charge in [-0.15, -0.1) is 11.3 Å². The fourth-order valence-corrected chi connectivity index (χ4v) is 3.57. The first kappa shape index (κ1) is 23.0. The maximum absolute atomic E-state index is 12.2. The topological polar surface area (TPSA) is 96.5 Å². The summed E-state index contributed by atoms with van der Waals surface area (Å²) in [5.41, 5.74) is 2.16. The van der Waals surface area contributed by atoms with Crippen LogP contribution in [-0.2, 0) is 11.2 Å². The number of anilines is 1. The molecule has 0 aliphatic carbocycles. The number of carbonyl (C=O) groups is 3. The molecule has 3 amide bonds. The van der Waals surface area contributed by atoms with Gasteiger partial charge in [0, 0.05) is 30.8 Å². The van der Waals surface area contributed by atoms with Gasteiger partial charge in [-0.2, -0.15) is 0 Å². The summed E-state index contributed by atoms with van der Waals surface area (Å²) in [5, 5.41) is 10.2. The Balaban J connectivity index is 1.38. The van der Waals surface area contributed by atoms with Gasteiger partial charge in [-0.25, -0.2) is 0 Å². The van der Waals surface area contributed by atoms with Gasteiger partial charge < -0.3 is 20.7 Å². The lowest BCUT2D eigenvalue weighted by molar-refractivity contribution is -0.116. The fraction of sp³-hybridized carbons (Fsp3) is 0.208. The molecule has 166 valence electrons. The van der Waals surface area contributed by atoms with E-state index in [1.807, 2.05) is 35.7 Å². The third-order valence-electron chi connectivity index (χ3n) is 4.67. The molecule has 0 radical (unpaired) electrons. The first-order chi connectivity index (χ1) is 15.5. The lowest BCUT2D eigenvalue weighted by atomic mass is 10.1. The molecule has 32 heavy (non-hydrogen) atoms. The van der Waals surface area contributed by atoms with Crippen LogP contribution >= 0.6 is 11.3 Å². The highest BCUT2D eigenvalue weighted by atomic mass is 32.1. The van der Waals surface area contributed by atoms with Gasteiger partial charge >= 0.3 is 0 Å². The molecule has 3 rings (SSSR count). The van der Waals surface area contributed by atoms with Crippen molar-refractivity contribution in [2.75, 3.05) is 25.5 Å². The number of hydrogen-bond donors (Lipinski definition) is 3. The average molecular weight is 452 g/mol. The number of hydrogen-bond acceptors (Lipinski definition) is 5. The largest absolute Gasteiger partial charge is 0.497 e. The second kappa shape index (κ2) is 11.7. The molecule has 0 fully saturated rings. The summed E-state index contributed by atoms with van der Waals surface area (Å²) in [5.74, 6) is 0.291. The Labute approximate surface area is 190 Å². The van der Waals surface area contributed by atoms with E-state index in [0.717, 1.165) is 11.3 Å². The monoisotopic (exact) mass is 451 g/mol. The number of amides is 3. The molecule has 0 bridgehead atoms. The van der Waals surface area contributed by atoms with Gasteiger partial charge in [0.1, 0.15) is 5.75 Å². The zero-order valence-electron chi connectivity index (χ0n) is 17.7. The van der Waals surface area contributed by atoms with Crippen molar-refractivity contribution in [2.45, 2.75) is 12.8 Å². The van der Waals surface area contributed by atoms with Crippen LogP contribution in [0.15, 0.2) is 66.0 Å². The van der Waals surface area contributed by atoms with Crippen LogP contribution in [-0.4, -0.2) is 37.9 Å². The molecule has 0 spiro atoms. The fourth-order valence-electron chi connectivity index (χ4n) is 2.93. The van der Waals surface area contributed by atoms with Crippen molar-refractivity contribution >= 4 is 34.7 Å². The van der Waals surface area contributed by atoms with Gasteiger partial charge in [0.05, 0.1) is 12.0 Å². The van der Waals surface area contributed by atoms with Crippen molar-refractivity contribution in [3.05, 3.63) is 82.0 Å². The molecule has 7 nitrogen and oxygen atoms in total. The van der Waals surface area contributed by atoms with Crippen LogP contribution in [0.4, 0.5) is 5.69 Å². The Hall–Kier alpha value is -3.65. The maximum Gasteiger partial charge on any atom is 0.261 e. The highest BCUT2D eigenvalue weighted by Crippen LogP contribution is 2.14. The maximum atomic E-state index is 12.2. The van der Waals surface area contributed by atoms with E-state index in [9.17, 15) is 14.4 Å². The third kappa shape index (κ3) is 6.95. The van der Waals surface area contributed by atoms with E-state index in [0.29, 0.717) is 42.1 Å². The standard InChI is InChI=1S/C24H25N3O4S/c1-31-20-11-4-17(5-12-20)6-13-22(28)27-19-9-7-18(8-10-19)23(29)25-14-15-26-24(30)21-3-2-16-32-21/h2-5,7-12,16H,6,13-15H2,1H3,(H,25,29)(H,26,30)(H,27,28). The van der Waals surface area contributed by atoms with Gasteiger partial charge in [0.15, 0.2) is 0 Å². The number of carbonyl (C=O) groups excluding carboxylic acids is 3. The molecule has 1 aromatic heterocycles. The summed E-state index contributed by atoms with van der Waals surface area (Å²) in [7, 11) is 1.62. The summed E-state index contributed by atoms with van der Waals surface area (Å²) in [6, 6.07) is 17.9. The van der Waals surface area contributed by atoms with Crippen LogP contribution in [0.3, 0.4) is 0 Å². The number of methoxy groups -OCH3 is 1. The third-order valence-corrected chi connectivity index (χ3v) is 5.54. The second-order valence-corrected chi connectivity index (χ2v) is 7.91. The molecule has 3 N–H and O–H groups in total.